The molecule has 3 aromatic rings. The Morgan fingerprint density at radius 3 is 2.46 bits per heavy atom. The summed E-state index contributed by atoms with van der Waals surface area (Å²) < 4.78 is 10.6. The van der Waals surface area contributed by atoms with Gasteiger partial charge in [-0.3, -0.25) is 9.59 Å². The van der Waals surface area contributed by atoms with Gasteiger partial charge in [-0.2, -0.15) is 0 Å². The summed E-state index contributed by atoms with van der Waals surface area (Å²) in [6.45, 7) is 1.45. The van der Waals surface area contributed by atoms with Crippen LogP contribution in [0, 0.1) is 0 Å². The van der Waals surface area contributed by atoms with Crippen molar-refractivity contribution in [1.82, 2.24) is 5.32 Å². The summed E-state index contributed by atoms with van der Waals surface area (Å²) in [5.41, 5.74) is 0.377. The van der Waals surface area contributed by atoms with E-state index in [1.54, 1.807) is 31.4 Å². The highest BCUT2D eigenvalue weighted by Gasteiger charge is 2.17. The average molecular weight is 397 g/mol. The smallest absolute Gasteiger partial charge is 0.339 e. The SMILES string of the molecule is COc1ccc(C(=O)OCC(=O)c2ccc(CNC(C)=O)s2)c2ccccc12. The van der Waals surface area contributed by atoms with Gasteiger partial charge in [-0.15, -0.1) is 11.3 Å². The number of fused-ring (bicyclic) bond motifs is 1. The largest absolute Gasteiger partial charge is 0.496 e. The van der Waals surface area contributed by atoms with Crippen LogP contribution in [0.3, 0.4) is 0 Å². The normalized spacial score (nSPS) is 10.5. The van der Waals surface area contributed by atoms with Gasteiger partial charge in [0.2, 0.25) is 11.7 Å². The zero-order valence-corrected chi connectivity index (χ0v) is 16.3. The maximum atomic E-state index is 12.5. The van der Waals surface area contributed by atoms with Crippen molar-refractivity contribution in [2.24, 2.45) is 0 Å². The molecule has 0 spiro atoms. The number of carbonyl (C=O) groups excluding carboxylic acids is 3. The summed E-state index contributed by atoms with van der Waals surface area (Å²) in [7, 11) is 1.57. The third-order valence-corrected chi connectivity index (χ3v) is 5.23. The van der Waals surface area contributed by atoms with E-state index in [1.165, 1.54) is 18.3 Å². The number of esters is 1. The van der Waals surface area contributed by atoms with Crippen LogP contribution in [0.5, 0.6) is 5.75 Å². The first-order valence-corrected chi connectivity index (χ1v) is 9.40. The Balaban J connectivity index is 1.68. The Morgan fingerprint density at radius 1 is 1.00 bits per heavy atom. The van der Waals surface area contributed by atoms with E-state index < -0.39 is 5.97 Å². The number of benzene rings is 2. The molecule has 0 fully saturated rings. The molecular formula is C21H19NO5S. The second-order valence-electron chi connectivity index (χ2n) is 6.04. The van der Waals surface area contributed by atoms with Crippen LogP contribution in [0.1, 0.15) is 31.8 Å². The highest BCUT2D eigenvalue weighted by Crippen LogP contribution is 2.28. The maximum Gasteiger partial charge on any atom is 0.339 e. The molecule has 7 heteroatoms. The third kappa shape index (κ3) is 4.37. The number of carbonyl (C=O) groups is 3. The standard InChI is InChI=1S/C21H19NO5S/c1-13(23)22-11-14-7-10-20(28-14)18(24)12-27-21(25)17-8-9-19(26-2)16-6-4-3-5-15(16)17/h3-10H,11-12H2,1-2H3,(H,22,23). The number of amides is 1. The fourth-order valence-electron chi connectivity index (χ4n) is 2.74. The van der Waals surface area contributed by atoms with Gasteiger partial charge in [0.25, 0.3) is 0 Å². The highest BCUT2D eigenvalue weighted by molar-refractivity contribution is 7.14. The van der Waals surface area contributed by atoms with Gasteiger partial charge in [-0.25, -0.2) is 4.79 Å². The molecule has 1 N–H and O–H groups in total. The van der Waals surface area contributed by atoms with Crippen LogP contribution in [-0.2, 0) is 16.1 Å². The number of ether oxygens (including phenoxy) is 2. The van der Waals surface area contributed by atoms with Crippen LogP contribution < -0.4 is 10.1 Å². The van der Waals surface area contributed by atoms with Crippen molar-refractivity contribution in [1.29, 1.82) is 0 Å². The van der Waals surface area contributed by atoms with E-state index in [0.29, 0.717) is 28.1 Å². The van der Waals surface area contributed by atoms with Crippen LogP contribution in [-0.4, -0.2) is 31.4 Å². The summed E-state index contributed by atoms with van der Waals surface area (Å²) >= 11 is 1.27. The van der Waals surface area contributed by atoms with Gasteiger partial charge in [0.15, 0.2) is 6.61 Å². The molecule has 3 rings (SSSR count). The molecule has 144 valence electrons. The molecule has 0 saturated carbocycles. The lowest BCUT2D eigenvalue weighted by Gasteiger charge is -2.10. The number of hydrogen-bond donors (Lipinski definition) is 1. The minimum absolute atomic E-state index is 0.137. The molecule has 1 amide bonds. The van der Waals surface area contributed by atoms with Gasteiger partial charge in [0, 0.05) is 17.2 Å². The van der Waals surface area contributed by atoms with E-state index >= 15 is 0 Å². The van der Waals surface area contributed by atoms with Crippen molar-refractivity contribution < 1.29 is 23.9 Å². The lowest BCUT2D eigenvalue weighted by Crippen LogP contribution is -2.18. The first-order chi connectivity index (χ1) is 13.5. The summed E-state index contributed by atoms with van der Waals surface area (Å²) in [5, 5.41) is 4.18. The molecule has 0 aliphatic heterocycles. The number of rotatable bonds is 7. The average Bonchev–Trinajstić information content (AvgIpc) is 3.18. The van der Waals surface area contributed by atoms with Crippen molar-refractivity contribution in [3.05, 3.63) is 63.8 Å². The topological polar surface area (TPSA) is 81.7 Å². The van der Waals surface area contributed by atoms with Crippen molar-refractivity contribution in [3.8, 4) is 5.75 Å². The molecule has 28 heavy (non-hydrogen) atoms. The van der Waals surface area contributed by atoms with Crippen molar-refractivity contribution in [3.63, 3.8) is 0 Å². The van der Waals surface area contributed by atoms with E-state index in [1.807, 2.05) is 24.3 Å². The zero-order chi connectivity index (χ0) is 20.1. The lowest BCUT2D eigenvalue weighted by molar-refractivity contribution is -0.119. The quantitative estimate of drug-likeness (QED) is 0.487. The summed E-state index contributed by atoms with van der Waals surface area (Å²) in [4.78, 5) is 37.1. The van der Waals surface area contributed by atoms with Gasteiger partial charge in [0.05, 0.1) is 24.1 Å². The first-order valence-electron chi connectivity index (χ1n) is 8.59. The molecule has 0 unspecified atom stereocenters. The molecule has 1 heterocycles. The minimum atomic E-state index is -0.567. The lowest BCUT2D eigenvalue weighted by atomic mass is 10.0. The maximum absolute atomic E-state index is 12.5. The van der Waals surface area contributed by atoms with Gasteiger partial charge < -0.3 is 14.8 Å². The second-order valence-corrected chi connectivity index (χ2v) is 7.20. The van der Waals surface area contributed by atoms with E-state index in [2.05, 4.69) is 5.32 Å². The Hall–Kier alpha value is -3.19. The third-order valence-electron chi connectivity index (χ3n) is 4.11. The Bertz CT molecular complexity index is 1040. The van der Waals surface area contributed by atoms with Crippen LogP contribution >= 0.6 is 11.3 Å². The van der Waals surface area contributed by atoms with E-state index in [4.69, 9.17) is 9.47 Å². The highest BCUT2D eigenvalue weighted by atomic mass is 32.1. The Labute approximate surface area is 166 Å². The first kappa shape index (κ1) is 19.6. The predicted molar refractivity (Wildman–Crippen MR) is 107 cm³/mol. The van der Waals surface area contributed by atoms with Crippen LogP contribution in [0.25, 0.3) is 10.8 Å². The van der Waals surface area contributed by atoms with Crippen LogP contribution in [0.15, 0.2) is 48.5 Å². The monoisotopic (exact) mass is 397 g/mol. The summed E-state index contributed by atoms with van der Waals surface area (Å²) in [5.74, 6) is -0.331. The summed E-state index contributed by atoms with van der Waals surface area (Å²) in [6.07, 6.45) is 0. The molecule has 0 aliphatic rings. The van der Waals surface area contributed by atoms with E-state index in [-0.39, 0.29) is 18.3 Å². The number of methoxy groups -OCH3 is 1. The summed E-state index contributed by atoms with van der Waals surface area (Å²) in [6, 6.07) is 14.1. The van der Waals surface area contributed by atoms with Crippen molar-refractivity contribution >= 4 is 39.8 Å². The van der Waals surface area contributed by atoms with E-state index in [9.17, 15) is 14.4 Å². The van der Waals surface area contributed by atoms with Gasteiger partial charge in [-0.05, 0) is 29.7 Å². The van der Waals surface area contributed by atoms with E-state index in [0.717, 1.165) is 10.3 Å². The van der Waals surface area contributed by atoms with Gasteiger partial charge >= 0.3 is 5.97 Å². The molecule has 1 aromatic heterocycles. The zero-order valence-electron chi connectivity index (χ0n) is 15.5. The molecule has 0 bridgehead atoms. The molecule has 0 aliphatic carbocycles. The number of nitrogens with one attached hydrogen (secondary N) is 1. The van der Waals surface area contributed by atoms with Crippen LogP contribution in [0.2, 0.25) is 0 Å². The Kier molecular flexibility index (Phi) is 6.06. The molecule has 0 saturated heterocycles. The molecule has 2 aromatic carbocycles. The molecule has 0 atom stereocenters. The Morgan fingerprint density at radius 2 is 1.75 bits per heavy atom. The second kappa shape index (κ2) is 8.67. The molecule has 0 radical (unpaired) electrons. The minimum Gasteiger partial charge on any atom is -0.496 e. The van der Waals surface area contributed by atoms with Crippen LogP contribution in [0.4, 0.5) is 0 Å². The fraction of sp³-hybridized carbons (Fsp3) is 0.190. The molecule has 6 nitrogen and oxygen atoms in total. The number of hydrogen-bond acceptors (Lipinski definition) is 6. The van der Waals surface area contributed by atoms with Crippen molar-refractivity contribution in [2.45, 2.75) is 13.5 Å². The number of ketones is 1. The van der Waals surface area contributed by atoms with Gasteiger partial charge in [-0.1, -0.05) is 24.3 Å². The van der Waals surface area contributed by atoms with Crippen molar-refractivity contribution in [2.75, 3.05) is 13.7 Å². The number of Topliss-reactive ketones (excluding diaryl/α,β-unsaturated/α-hetero) is 1. The van der Waals surface area contributed by atoms with Gasteiger partial charge in [0.1, 0.15) is 5.75 Å². The number of thiophene rings is 1. The predicted octanol–water partition coefficient (Wildman–Crippen LogP) is 3.59. The fourth-order valence-corrected chi connectivity index (χ4v) is 3.61. The molecular weight excluding hydrogens is 378 g/mol.